The molecule has 5 heteroatoms. The van der Waals surface area contributed by atoms with E-state index in [1.807, 2.05) is 29.6 Å². The van der Waals surface area contributed by atoms with E-state index in [0.29, 0.717) is 29.5 Å². The van der Waals surface area contributed by atoms with E-state index in [9.17, 15) is 19.2 Å². The molecule has 5 nitrogen and oxygen atoms in total. The average Bonchev–Trinajstić information content (AvgIpc) is 2.76. The van der Waals surface area contributed by atoms with Gasteiger partial charge in [-0.15, -0.1) is 0 Å². The molecule has 1 fully saturated rings. The number of carbonyl (C=O) groups excluding carboxylic acids is 4. The number of ketones is 2. The summed E-state index contributed by atoms with van der Waals surface area (Å²) in [6, 6.07) is 12.4. The van der Waals surface area contributed by atoms with E-state index in [2.05, 4.69) is 0 Å². The molecule has 2 aromatic rings. The third kappa shape index (κ3) is 2.09. The molecule has 0 aromatic heterocycles. The molecule has 1 aliphatic carbocycles. The molecule has 118 valence electrons. The maximum absolute atomic E-state index is 12.7. The van der Waals surface area contributed by atoms with Crippen LogP contribution in [0.5, 0.6) is 0 Å². The van der Waals surface area contributed by atoms with E-state index >= 15 is 0 Å². The van der Waals surface area contributed by atoms with Crippen LogP contribution in [0, 0.1) is 0 Å². The van der Waals surface area contributed by atoms with Crippen LogP contribution in [0.1, 0.15) is 38.5 Å². The van der Waals surface area contributed by atoms with Crippen molar-refractivity contribution in [3.05, 3.63) is 70.3 Å². The first-order chi connectivity index (χ1) is 11.6. The lowest BCUT2D eigenvalue weighted by Crippen LogP contribution is -2.22. The highest BCUT2D eigenvalue weighted by Gasteiger charge is 2.41. The molecule has 0 saturated carbocycles. The summed E-state index contributed by atoms with van der Waals surface area (Å²) in [5, 5.41) is 2.04. The van der Waals surface area contributed by atoms with Gasteiger partial charge in [-0.3, -0.25) is 24.5 Å². The van der Waals surface area contributed by atoms with Crippen LogP contribution in [0.25, 0.3) is 0 Å². The highest BCUT2D eigenvalue weighted by molar-refractivity contribution is 6.50. The largest absolute Gasteiger partial charge is 0.295 e. The zero-order valence-electron chi connectivity index (χ0n) is 12.7. The first-order valence-corrected chi connectivity index (χ1v) is 7.71. The minimum absolute atomic E-state index is 0.0528. The standard InChI is InChI=1S/C19H13NO4/c21-16-13-4-2-1-3-10(13)5-6-11-9-12(7-8-14(11)16)15-17(22)19(24)20-18(15)23/h1-4,7-9,15H,5-6H2,(H,20,23,24). The number of benzene rings is 2. The Morgan fingerprint density at radius 1 is 0.833 bits per heavy atom. The molecule has 1 atom stereocenters. The first kappa shape index (κ1) is 14.5. The van der Waals surface area contributed by atoms with Crippen molar-refractivity contribution in [3.8, 4) is 0 Å². The molecule has 4 rings (SSSR count). The molecule has 0 spiro atoms. The van der Waals surface area contributed by atoms with E-state index in [-0.39, 0.29) is 5.78 Å². The van der Waals surface area contributed by atoms with Gasteiger partial charge in [-0.25, -0.2) is 0 Å². The number of imide groups is 1. The van der Waals surface area contributed by atoms with Crippen LogP contribution in [0.3, 0.4) is 0 Å². The lowest BCUT2D eigenvalue weighted by molar-refractivity contribution is -0.135. The number of Topliss-reactive ketones (excluding diaryl/α,β-unsaturated/α-hetero) is 1. The molecule has 2 amide bonds. The molecule has 1 aliphatic heterocycles. The molecule has 2 aromatic carbocycles. The second-order valence-electron chi connectivity index (χ2n) is 6.02. The average molecular weight is 319 g/mol. The lowest BCUT2D eigenvalue weighted by atomic mass is 9.91. The molecule has 2 aliphatic rings. The maximum Gasteiger partial charge on any atom is 0.295 e. The van der Waals surface area contributed by atoms with Crippen molar-refractivity contribution in [1.82, 2.24) is 5.32 Å². The van der Waals surface area contributed by atoms with Gasteiger partial charge in [0.25, 0.3) is 5.91 Å². The fraction of sp³-hybridized carbons (Fsp3) is 0.158. The first-order valence-electron chi connectivity index (χ1n) is 7.71. The quantitative estimate of drug-likeness (QED) is 0.488. The molecular weight excluding hydrogens is 306 g/mol. The van der Waals surface area contributed by atoms with E-state index in [0.717, 1.165) is 11.1 Å². The van der Waals surface area contributed by atoms with Gasteiger partial charge in [0, 0.05) is 11.1 Å². The van der Waals surface area contributed by atoms with Crippen molar-refractivity contribution < 1.29 is 19.2 Å². The highest BCUT2D eigenvalue weighted by Crippen LogP contribution is 2.29. The minimum Gasteiger partial charge on any atom is -0.289 e. The number of carbonyl (C=O) groups is 4. The number of fused-ring (bicyclic) bond motifs is 2. The van der Waals surface area contributed by atoms with Crippen molar-refractivity contribution >= 4 is 23.4 Å². The number of nitrogens with one attached hydrogen (secondary N) is 1. The maximum atomic E-state index is 12.7. The third-order valence-corrected chi connectivity index (χ3v) is 4.62. The Morgan fingerprint density at radius 2 is 1.54 bits per heavy atom. The predicted octanol–water partition coefficient (Wildman–Crippen LogP) is 1.33. The Bertz CT molecular complexity index is 929. The normalized spacial score (nSPS) is 19.6. The molecule has 1 saturated heterocycles. The van der Waals surface area contributed by atoms with Gasteiger partial charge in [-0.05, 0) is 29.5 Å². The van der Waals surface area contributed by atoms with Gasteiger partial charge in [0.15, 0.2) is 5.78 Å². The van der Waals surface area contributed by atoms with Crippen molar-refractivity contribution in [3.63, 3.8) is 0 Å². The fourth-order valence-corrected chi connectivity index (χ4v) is 3.39. The summed E-state index contributed by atoms with van der Waals surface area (Å²) >= 11 is 0. The van der Waals surface area contributed by atoms with Crippen LogP contribution in [0.4, 0.5) is 0 Å². The number of amides is 2. The van der Waals surface area contributed by atoms with Gasteiger partial charge in [0.1, 0.15) is 5.92 Å². The van der Waals surface area contributed by atoms with E-state index in [1.165, 1.54) is 0 Å². The Morgan fingerprint density at radius 3 is 2.29 bits per heavy atom. The molecule has 0 bridgehead atoms. The zero-order chi connectivity index (χ0) is 16.8. The van der Waals surface area contributed by atoms with Crippen LogP contribution in [0.15, 0.2) is 42.5 Å². The van der Waals surface area contributed by atoms with Gasteiger partial charge in [-0.2, -0.15) is 0 Å². The van der Waals surface area contributed by atoms with E-state index in [1.54, 1.807) is 18.2 Å². The van der Waals surface area contributed by atoms with Crippen LogP contribution in [-0.4, -0.2) is 23.4 Å². The van der Waals surface area contributed by atoms with Crippen LogP contribution < -0.4 is 5.32 Å². The topological polar surface area (TPSA) is 80.3 Å². The van der Waals surface area contributed by atoms with E-state index < -0.39 is 23.5 Å². The van der Waals surface area contributed by atoms with Gasteiger partial charge in [0.05, 0.1) is 0 Å². The number of hydrogen-bond donors (Lipinski definition) is 1. The van der Waals surface area contributed by atoms with Crippen molar-refractivity contribution in [2.75, 3.05) is 0 Å². The van der Waals surface area contributed by atoms with E-state index in [4.69, 9.17) is 0 Å². The summed E-state index contributed by atoms with van der Waals surface area (Å²) in [6.07, 6.45) is 1.35. The summed E-state index contributed by atoms with van der Waals surface area (Å²) in [6.45, 7) is 0. The monoisotopic (exact) mass is 319 g/mol. The number of aryl methyl sites for hydroxylation is 2. The lowest BCUT2D eigenvalue weighted by Gasteiger charge is -2.10. The SMILES string of the molecule is O=C1NC(=O)C(c2ccc3c(c2)CCc2ccccc2C3=O)C1=O. The Kier molecular flexibility index (Phi) is 3.16. The second kappa shape index (κ2) is 5.23. The van der Waals surface area contributed by atoms with Crippen molar-refractivity contribution in [2.45, 2.75) is 18.8 Å². The molecule has 1 heterocycles. The molecule has 1 unspecified atom stereocenters. The smallest absolute Gasteiger partial charge is 0.289 e. The van der Waals surface area contributed by atoms with Crippen LogP contribution in [0.2, 0.25) is 0 Å². The summed E-state index contributed by atoms with van der Waals surface area (Å²) in [5.41, 5.74) is 3.52. The fourth-order valence-electron chi connectivity index (χ4n) is 3.39. The van der Waals surface area contributed by atoms with Crippen LogP contribution >= 0.6 is 0 Å². The van der Waals surface area contributed by atoms with Crippen molar-refractivity contribution in [1.29, 1.82) is 0 Å². The Labute approximate surface area is 137 Å². The summed E-state index contributed by atoms with van der Waals surface area (Å²) < 4.78 is 0. The molecule has 24 heavy (non-hydrogen) atoms. The van der Waals surface area contributed by atoms with Crippen molar-refractivity contribution in [2.24, 2.45) is 0 Å². The van der Waals surface area contributed by atoms with Gasteiger partial charge < -0.3 is 0 Å². The van der Waals surface area contributed by atoms with Crippen LogP contribution in [-0.2, 0) is 27.2 Å². The summed E-state index contributed by atoms with van der Waals surface area (Å²) in [4.78, 5) is 47.9. The molecular formula is C19H13NO4. The Hall–Kier alpha value is -3.08. The zero-order valence-corrected chi connectivity index (χ0v) is 12.7. The summed E-state index contributed by atoms with van der Waals surface area (Å²) in [5.74, 6) is -3.38. The number of hydrogen-bond acceptors (Lipinski definition) is 4. The Balaban J connectivity index is 1.78. The van der Waals surface area contributed by atoms with Gasteiger partial charge in [-0.1, -0.05) is 42.5 Å². The summed E-state index contributed by atoms with van der Waals surface area (Å²) in [7, 11) is 0. The molecule has 0 radical (unpaired) electrons. The number of rotatable bonds is 1. The van der Waals surface area contributed by atoms with Gasteiger partial charge >= 0.3 is 0 Å². The predicted molar refractivity (Wildman–Crippen MR) is 84.6 cm³/mol. The highest BCUT2D eigenvalue weighted by atomic mass is 16.2. The van der Waals surface area contributed by atoms with Gasteiger partial charge in [0.2, 0.25) is 11.7 Å². The second-order valence-corrected chi connectivity index (χ2v) is 6.02. The minimum atomic E-state index is -1.11. The third-order valence-electron chi connectivity index (χ3n) is 4.62. The molecule has 1 N–H and O–H groups in total.